The summed E-state index contributed by atoms with van der Waals surface area (Å²) >= 11 is 0. The molecule has 0 aromatic heterocycles. The third-order valence-corrected chi connectivity index (χ3v) is 4.34. The predicted octanol–water partition coefficient (Wildman–Crippen LogP) is -2.50. The molecule has 0 aliphatic carbocycles. The van der Waals surface area contributed by atoms with Gasteiger partial charge in [-0.3, -0.25) is 9.35 Å². The SMILES string of the molecule is CC(=O)Nc1cc2c(cc1O)[C@@H]1CN(C(=O)N1OS(=O)(=O)O)[C@H]2C([NH-])=O.[Na+]. The summed E-state index contributed by atoms with van der Waals surface area (Å²) < 4.78 is 35.2. The van der Waals surface area contributed by atoms with Gasteiger partial charge in [-0.05, 0) is 23.3 Å². The number of benzene rings is 1. The first-order valence-corrected chi connectivity index (χ1v) is 8.53. The van der Waals surface area contributed by atoms with Crippen molar-refractivity contribution in [3.63, 3.8) is 0 Å². The number of phenols is 1. The average Bonchev–Trinajstić information content (AvgIpc) is 2.74. The number of phenolic OH excluding ortho intramolecular Hbond substituents is 1. The van der Waals surface area contributed by atoms with Crippen molar-refractivity contribution in [2.45, 2.75) is 19.0 Å². The summed E-state index contributed by atoms with van der Waals surface area (Å²) in [6.07, 6.45) is 0. The molecule has 4 N–H and O–H groups in total. The van der Waals surface area contributed by atoms with Crippen LogP contribution < -0.4 is 34.9 Å². The molecular formula is C13H13N4NaO8S. The summed E-state index contributed by atoms with van der Waals surface area (Å²) in [4.78, 5) is 36.3. The number of carbonyl (C=O) groups is 3. The van der Waals surface area contributed by atoms with Crippen LogP contribution in [0.4, 0.5) is 10.5 Å². The van der Waals surface area contributed by atoms with E-state index >= 15 is 0 Å². The first-order valence-electron chi connectivity index (χ1n) is 7.16. The molecular weight excluding hydrogens is 395 g/mol. The Morgan fingerprint density at radius 2 is 1.96 bits per heavy atom. The second-order valence-electron chi connectivity index (χ2n) is 5.73. The molecule has 14 heteroatoms. The van der Waals surface area contributed by atoms with E-state index in [1.54, 1.807) is 0 Å². The molecule has 3 rings (SSSR count). The van der Waals surface area contributed by atoms with Gasteiger partial charge in [0.25, 0.3) is 0 Å². The van der Waals surface area contributed by atoms with E-state index in [0.717, 1.165) is 11.0 Å². The van der Waals surface area contributed by atoms with Crippen LogP contribution in [-0.2, 0) is 24.3 Å². The minimum atomic E-state index is -5.03. The monoisotopic (exact) mass is 408 g/mol. The van der Waals surface area contributed by atoms with E-state index in [4.69, 9.17) is 10.3 Å². The third kappa shape index (κ3) is 3.88. The van der Waals surface area contributed by atoms with Crippen molar-refractivity contribution in [2.24, 2.45) is 0 Å². The number of amides is 4. The zero-order valence-corrected chi connectivity index (χ0v) is 17.0. The van der Waals surface area contributed by atoms with Crippen LogP contribution in [0.3, 0.4) is 0 Å². The zero-order chi connectivity index (χ0) is 19.4. The maximum Gasteiger partial charge on any atom is 1.00 e. The molecule has 2 atom stereocenters. The van der Waals surface area contributed by atoms with E-state index in [-0.39, 0.29) is 52.9 Å². The third-order valence-electron chi connectivity index (χ3n) is 3.99. The Balaban J connectivity index is 0.00000261. The van der Waals surface area contributed by atoms with Crippen molar-refractivity contribution in [1.82, 2.24) is 9.96 Å². The van der Waals surface area contributed by atoms with E-state index in [1.165, 1.54) is 13.0 Å². The van der Waals surface area contributed by atoms with Crippen LogP contribution in [-0.4, -0.2) is 52.4 Å². The van der Waals surface area contributed by atoms with Crippen LogP contribution in [0.1, 0.15) is 30.1 Å². The Bertz CT molecular complexity index is 936. The number of nitrogens with one attached hydrogen (secondary N) is 2. The Kier molecular flexibility index (Phi) is 5.75. The molecule has 2 heterocycles. The fraction of sp³-hybridized carbons (Fsp3) is 0.308. The van der Waals surface area contributed by atoms with Crippen molar-refractivity contribution in [1.29, 1.82) is 0 Å². The van der Waals surface area contributed by atoms with E-state index in [1.807, 2.05) is 0 Å². The van der Waals surface area contributed by atoms with Gasteiger partial charge in [0.15, 0.2) is 0 Å². The molecule has 0 radical (unpaired) electrons. The summed E-state index contributed by atoms with van der Waals surface area (Å²) in [7, 11) is -5.03. The van der Waals surface area contributed by atoms with Crippen LogP contribution in [0, 0.1) is 0 Å². The molecule has 0 spiro atoms. The maximum atomic E-state index is 12.4. The van der Waals surface area contributed by atoms with E-state index in [0.29, 0.717) is 5.06 Å². The van der Waals surface area contributed by atoms with Gasteiger partial charge in [-0.2, -0.15) is 13.5 Å². The van der Waals surface area contributed by atoms with Gasteiger partial charge in [-0.25, -0.2) is 4.79 Å². The number of nitrogens with zero attached hydrogens (tertiary/aromatic N) is 2. The number of hydrogen-bond donors (Lipinski definition) is 3. The van der Waals surface area contributed by atoms with Crippen LogP contribution in [0.25, 0.3) is 5.73 Å². The van der Waals surface area contributed by atoms with Gasteiger partial charge < -0.3 is 25.9 Å². The minimum Gasteiger partial charge on any atom is -0.666 e. The largest absolute Gasteiger partial charge is 1.00 e. The Hall–Kier alpha value is -1.90. The van der Waals surface area contributed by atoms with Crippen LogP contribution in [0.15, 0.2) is 12.1 Å². The van der Waals surface area contributed by atoms with E-state index in [9.17, 15) is 27.9 Å². The van der Waals surface area contributed by atoms with Crippen molar-refractivity contribution < 1.29 is 66.3 Å². The smallest absolute Gasteiger partial charge is 0.666 e. The van der Waals surface area contributed by atoms with Gasteiger partial charge in [0.05, 0.1) is 18.1 Å². The Labute approximate surface area is 175 Å². The number of rotatable bonds is 4. The first-order chi connectivity index (χ1) is 12.0. The molecule has 0 saturated carbocycles. The predicted molar refractivity (Wildman–Crippen MR) is 83.8 cm³/mol. The van der Waals surface area contributed by atoms with Gasteiger partial charge >= 0.3 is 46.0 Å². The van der Waals surface area contributed by atoms with Gasteiger partial charge in [-0.1, -0.05) is 0 Å². The average molecular weight is 408 g/mol. The first kappa shape index (κ1) is 21.4. The fourth-order valence-electron chi connectivity index (χ4n) is 3.11. The van der Waals surface area contributed by atoms with E-state index < -0.39 is 46.1 Å². The molecule has 4 amide bonds. The summed E-state index contributed by atoms with van der Waals surface area (Å²) in [5.41, 5.74) is 7.67. The van der Waals surface area contributed by atoms with Gasteiger partial charge in [0.2, 0.25) is 5.91 Å². The number of aromatic hydroxyl groups is 1. The summed E-state index contributed by atoms with van der Waals surface area (Å²) in [5.74, 6) is -2.05. The Morgan fingerprint density at radius 3 is 2.48 bits per heavy atom. The molecule has 1 aromatic carbocycles. The van der Waals surface area contributed by atoms with Gasteiger partial charge in [-0.15, -0.1) is 4.28 Å². The molecule has 2 aliphatic rings. The zero-order valence-electron chi connectivity index (χ0n) is 14.2. The van der Waals surface area contributed by atoms with Gasteiger partial charge in [0.1, 0.15) is 17.8 Å². The normalized spacial score (nSPS) is 20.7. The maximum absolute atomic E-state index is 12.4. The molecule has 27 heavy (non-hydrogen) atoms. The number of fused-ring (bicyclic) bond motifs is 4. The number of carbonyl (C=O) groups excluding carboxylic acids is 3. The molecule has 2 bridgehead atoms. The quantitative estimate of drug-likeness (QED) is 0.278. The van der Waals surface area contributed by atoms with Crippen LogP contribution in [0.5, 0.6) is 5.75 Å². The van der Waals surface area contributed by atoms with Crippen LogP contribution in [0.2, 0.25) is 0 Å². The summed E-state index contributed by atoms with van der Waals surface area (Å²) in [6, 6.07) is -1.14. The number of hydroxylamine groups is 2. The molecule has 1 saturated heterocycles. The molecule has 1 fully saturated rings. The molecule has 12 nitrogen and oxygen atoms in total. The molecule has 1 aromatic rings. The second-order valence-corrected chi connectivity index (χ2v) is 6.73. The van der Waals surface area contributed by atoms with Crippen molar-refractivity contribution in [3.8, 4) is 5.75 Å². The topological polar surface area (TPSA) is 177 Å². The van der Waals surface area contributed by atoms with Crippen LogP contribution >= 0.6 is 0 Å². The fourth-order valence-corrected chi connectivity index (χ4v) is 3.48. The summed E-state index contributed by atoms with van der Waals surface area (Å²) in [6.45, 7) is 1.000. The van der Waals surface area contributed by atoms with Crippen molar-refractivity contribution in [2.75, 3.05) is 11.9 Å². The summed E-state index contributed by atoms with van der Waals surface area (Å²) in [5, 5.41) is 12.8. The van der Waals surface area contributed by atoms with Gasteiger partial charge in [0, 0.05) is 6.92 Å². The molecule has 2 aliphatic heterocycles. The van der Waals surface area contributed by atoms with Crippen molar-refractivity contribution >= 4 is 33.9 Å². The molecule has 0 unspecified atom stereocenters. The molecule has 140 valence electrons. The van der Waals surface area contributed by atoms with Crippen molar-refractivity contribution in [3.05, 3.63) is 29.0 Å². The number of hydrogen-bond acceptors (Lipinski definition) is 7. The number of anilines is 1. The number of urea groups is 1. The van der Waals surface area contributed by atoms with E-state index in [2.05, 4.69) is 9.60 Å². The standard InChI is InChI=1S/C13H14N4O8S.Na/c1-5(18)15-8-2-7-6(3-10(8)19)9-4-16(11(7)12(14)20)13(21)17(9)25-26(22,23)24;/h2-3,9,11H,4H2,1H3,(H5,14,15,18,19,20,22,23,24);/q;+1/p-1/t9-,11+;/m0./s1. The second kappa shape index (κ2) is 7.26. The minimum absolute atomic E-state index is 0. The Morgan fingerprint density at radius 1 is 1.33 bits per heavy atom.